The summed E-state index contributed by atoms with van der Waals surface area (Å²) in [4.78, 5) is 0. The van der Waals surface area contributed by atoms with Crippen LogP contribution in [0.25, 0.3) is 0 Å². The molecular formula is C17H19NO. The van der Waals surface area contributed by atoms with E-state index in [0.717, 1.165) is 18.6 Å². The van der Waals surface area contributed by atoms with E-state index in [4.69, 9.17) is 10.5 Å². The van der Waals surface area contributed by atoms with Gasteiger partial charge < -0.3 is 10.5 Å². The van der Waals surface area contributed by atoms with Crippen molar-refractivity contribution in [1.29, 1.82) is 0 Å². The fraction of sp³-hybridized carbons (Fsp3) is 0.294. The van der Waals surface area contributed by atoms with Crippen molar-refractivity contribution < 1.29 is 4.74 Å². The van der Waals surface area contributed by atoms with Crippen LogP contribution in [0.4, 0.5) is 0 Å². The molecular weight excluding hydrogens is 234 g/mol. The van der Waals surface area contributed by atoms with E-state index in [1.165, 1.54) is 16.7 Å². The monoisotopic (exact) mass is 253 g/mol. The summed E-state index contributed by atoms with van der Waals surface area (Å²) in [6.07, 6.45) is 2.17. The fourth-order valence-electron chi connectivity index (χ4n) is 3.12. The number of aryl methyl sites for hydroxylation is 1. The molecule has 0 aliphatic heterocycles. The van der Waals surface area contributed by atoms with Crippen molar-refractivity contribution >= 4 is 0 Å². The fourth-order valence-corrected chi connectivity index (χ4v) is 3.12. The van der Waals surface area contributed by atoms with E-state index >= 15 is 0 Å². The second kappa shape index (κ2) is 5.06. The van der Waals surface area contributed by atoms with Crippen LogP contribution in [0.3, 0.4) is 0 Å². The highest BCUT2D eigenvalue weighted by Crippen LogP contribution is 2.42. The normalized spacial score (nSPS) is 21.8. The zero-order valence-electron chi connectivity index (χ0n) is 11.2. The molecule has 2 aromatic rings. The Balaban J connectivity index is 2.00. The van der Waals surface area contributed by atoms with E-state index in [1.54, 1.807) is 7.11 Å². The van der Waals surface area contributed by atoms with Crippen molar-refractivity contribution in [1.82, 2.24) is 0 Å². The highest BCUT2D eigenvalue weighted by atomic mass is 16.5. The van der Waals surface area contributed by atoms with Crippen LogP contribution in [0, 0.1) is 0 Å². The van der Waals surface area contributed by atoms with Crippen LogP contribution in [0.15, 0.2) is 48.5 Å². The third-order valence-corrected chi connectivity index (χ3v) is 4.11. The minimum absolute atomic E-state index is 0.0567. The molecule has 0 aromatic heterocycles. The van der Waals surface area contributed by atoms with E-state index < -0.39 is 0 Å². The second-order valence-electron chi connectivity index (χ2n) is 5.11. The summed E-state index contributed by atoms with van der Waals surface area (Å²) in [5.74, 6) is 1.29. The molecule has 0 saturated carbocycles. The number of hydrogen-bond acceptors (Lipinski definition) is 2. The van der Waals surface area contributed by atoms with E-state index in [-0.39, 0.29) is 6.04 Å². The zero-order valence-corrected chi connectivity index (χ0v) is 11.2. The summed E-state index contributed by atoms with van der Waals surface area (Å²) in [5.41, 5.74) is 10.4. The molecule has 2 atom stereocenters. The molecule has 0 unspecified atom stereocenters. The highest BCUT2D eigenvalue weighted by Gasteiger charge is 2.29. The Bertz CT molecular complexity index is 579. The van der Waals surface area contributed by atoms with Crippen molar-refractivity contribution in [2.24, 2.45) is 5.73 Å². The topological polar surface area (TPSA) is 35.2 Å². The van der Waals surface area contributed by atoms with Gasteiger partial charge in [0.05, 0.1) is 7.11 Å². The molecule has 0 fully saturated rings. The van der Waals surface area contributed by atoms with Gasteiger partial charge in [0.25, 0.3) is 0 Å². The Morgan fingerprint density at radius 3 is 2.47 bits per heavy atom. The third kappa shape index (κ3) is 2.13. The van der Waals surface area contributed by atoms with Gasteiger partial charge in [-0.15, -0.1) is 0 Å². The minimum Gasteiger partial charge on any atom is -0.496 e. The van der Waals surface area contributed by atoms with Crippen LogP contribution >= 0.6 is 0 Å². The van der Waals surface area contributed by atoms with Gasteiger partial charge in [0.15, 0.2) is 0 Å². The van der Waals surface area contributed by atoms with Gasteiger partial charge in [-0.25, -0.2) is 0 Å². The molecule has 0 bridgehead atoms. The maximum atomic E-state index is 6.49. The Hall–Kier alpha value is -1.80. The predicted molar refractivity (Wildman–Crippen MR) is 77.4 cm³/mol. The Morgan fingerprint density at radius 2 is 1.68 bits per heavy atom. The molecule has 0 spiro atoms. The molecule has 2 aromatic carbocycles. The van der Waals surface area contributed by atoms with Gasteiger partial charge in [-0.05, 0) is 35.6 Å². The van der Waals surface area contributed by atoms with E-state index in [2.05, 4.69) is 36.4 Å². The standard InChI is InChI=1S/C17H19NO/c1-19-16-9-5-4-8-14(16)15-11-10-12-6-2-3-7-13(12)17(15)18/h2-9,15,17H,10-11,18H2,1H3/t15-,17+/m1/s1. The zero-order chi connectivity index (χ0) is 13.2. The van der Waals surface area contributed by atoms with Crippen LogP contribution in [-0.2, 0) is 6.42 Å². The van der Waals surface area contributed by atoms with Gasteiger partial charge in [0, 0.05) is 12.0 Å². The number of benzene rings is 2. The molecule has 2 nitrogen and oxygen atoms in total. The van der Waals surface area contributed by atoms with E-state index in [1.807, 2.05) is 12.1 Å². The number of para-hydroxylation sites is 1. The molecule has 2 N–H and O–H groups in total. The van der Waals surface area contributed by atoms with Crippen LogP contribution < -0.4 is 10.5 Å². The summed E-state index contributed by atoms with van der Waals surface area (Å²) in [5, 5.41) is 0. The quantitative estimate of drug-likeness (QED) is 0.890. The molecule has 0 amide bonds. The number of nitrogens with two attached hydrogens (primary N) is 1. The summed E-state index contributed by atoms with van der Waals surface area (Å²) in [6, 6.07) is 16.8. The summed E-state index contributed by atoms with van der Waals surface area (Å²) in [7, 11) is 1.72. The van der Waals surface area contributed by atoms with E-state index in [0.29, 0.717) is 5.92 Å². The van der Waals surface area contributed by atoms with Gasteiger partial charge in [0.2, 0.25) is 0 Å². The maximum Gasteiger partial charge on any atom is 0.122 e. The molecule has 0 saturated heterocycles. The molecule has 0 heterocycles. The molecule has 1 aliphatic rings. The number of fused-ring (bicyclic) bond motifs is 1. The lowest BCUT2D eigenvalue weighted by molar-refractivity contribution is 0.393. The molecule has 98 valence electrons. The first-order chi connectivity index (χ1) is 9.31. The first-order valence-corrected chi connectivity index (χ1v) is 6.77. The average molecular weight is 253 g/mol. The summed E-state index contributed by atoms with van der Waals surface area (Å²) < 4.78 is 5.48. The summed E-state index contributed by atoms with van der Waals surface area (Å²) in [6.45, 7) is 0. The Labute approximate surface area is 114 Å². The minimum atomic E-state index is 0.0567. The Kier molecular flexibility index (Phi) is 3.26. The highest BCUT2D eigenvalue weighted by molar-refractivity contribution is 5.42. The average Bonchev–Trinajstić information content (AvgIpc) is 2.48. The van der Waals surface area contributed by atoms with Crippen LogP contribution in [-0.4, -0.2) is 7.11 Å². The van der Waals surface area contributed by atoms with Crippen LogP contribution in [0.1, 0.15) is 35.1 Å². The maximum absolute atomic E-state index is 6.49. The first kappa shape index (κ1) is 12.2. The van der Waals surface area contributed by atoms with Gasteiger partial charge >= 0.3 is 0 Å². The lowest BCUT2D eigenvalue weighted by Crippen LogP contribution is -2.26. The Morgan fingerprint density at radius 1 is 1.00 bits per heavy atom. The molecule has 3 rings (SSSR count). The van der Waals surface area contributed by atoms with Crippen molar-refractivity contribution in [3.8, 4) is 5.75 Å². The predicted octanol–water partition coefficient (Wildman–Crippen LogP) is 3.43. The SMILES string of the molecule is COc1ccccc1[C@H]1CCc2ccccc2[C@@H]1N. The largest absolute Gasteiger partial charge is 0.496 e. The first-order valence-electron chi connectivity index (χ1n) is 6.77. The lowest BCUT2D eigenvalue weighted by Gasteiger charge is -2.32. The number of methoxy groups -OCH3 is 1. The van der Waals surface area contributed by atoms with Gasteiger partial charge in [0.1, 0.15) is 5.75 Å². The third-order valence-electron chi connectivity index (χ3n) is 4.11. The number of hydrogen-bond donors (Lipinski definition) is 1. The molecule has 0 radical (unpaired) electrons. The van der Waals surface area contributed by atoms with Crippen molar-refractivity contribution in [3.63, 3.8) is 0 Å². The molecule has 2 heteroatoms. The van der Waals surface area contributed by atoms with Crippen molar-refractivity contribution in [3.05, 3.63) is 65.2 Å². The van der Waals surface area contributed by atoms with E-state index in [9.17, 15) is 0 Å². The number of rotatable bonds is 2. The van der Waals surface area contributed by atoms with Crippen LogP contribution in [0.2, 0.25) is 0 Å². The van der Waals surface area contributed by atoms with Gasteiger partial charge in [-0.2, -0.15) is 0 Å². The second-order valence-corrected chi connectivity index (χ2v) is 5.11. The van der Waals surface area contributed by atoms with Crippen molar-refractivity contribution in [2.75, 3.05) is 7.11 Å². The molecule has 1 aliphatic carbocycles. The summed E-state index contributed by atoms with van der Waals surface area (Å²) >= 11 is 0. The molecule has 19 heavy (non-hydrogen) atoms. The van der Waals surface area contributed by atoms with Gasteiger partial charge in [-0.3, -0.25) is 0 Å². The van der Waals surface area contributed by atoms with Gasteiger partial charge in [-0.1, -0.05) is 42.5 Å². The van der Waals surface area contributed by atoms with Crippen molar-refractivity contribution in [2.45, 2.75) is 24.8 Å². The van der Waals surface area contributed by atoms with Crippen LogP contribution in [0.5, 0.6) is 5.75 Å². The lowest BCUT2D eigenvalue weighted by atomic mass is 9.76. The smallest absolute Gasteiger partial charge is 0.122 e. The number of ether oxygens (including phenoxy) is 1.